The zero-order chi connectivity index (χ0) is 13.0. The average Bonchev–Trinajstić information content (AvgIpc) is 2.40. The zero-order valence-corrected chi connectivity index (χ0v) is 11.5. The van der Waals surface area contributed by atoms with E-state index >= 15 is 0 Å². The molecule has 0 saturated heterocycles. The maximum atomic E-state index is 2.31. The predicted octanol–water partition coefficient (Wildman–Crippen LogP) is 5.00. The first kappa shape index (κ1) is 12.9. The molecular weight excluding hydrogens is 216 g/mol. The van der Waals surface area contributed by atoms with Crippen molar-refractivity contribution in [2.24, 2.45) is 0 Å². The molecule has 2 aromatic carbocycles. The van der Waals surface area contributed by atoms with E-state index < -0.39 is 0 Å². The topological polar surface area (TPSA) is 0 Å². The smallest absolute Gasteiger partial charge is 0.00274 e. The summed E-state index contributed by atoms with van der Waals surface area (Å²) >= 11 is 0. The Morgan fingerprint density at radius 2 is 1.33 bits per heavy atom. The van der Waals surface area contributed by atoms with Crippen molar-refractivity contribution in [1.29, 1.82) is 0 Å². The summed E-state index contributed by atoms with van der Waals surface area (Å²) in [5.74, 6) is 1.45. The second-order valence-corrected chi connectivity index (χ2v) is 5.57. The highest BCUT2D eigenvalue weighted by molar-refractivity contribution is 5.33. The van der Waals surface area contributed by atoms with E-state index in [9.17, 15) is 0 Å². The third-order valence-electron chi connectivity index (χ3n) is 3.53. The third-order valence-corrected chi connectivity index (χ3v) is 3.53. The molecule has 93 valence electrons. The van der Waals surface area contributed by atoms with Crippen LogP contribution in [0.4, 0.5) is 0 Å². The summed E-state index contributed by atoms with van der Waals surface area (Å²) in [5, 5.41) is 0. The lowest BCUT2D eigenvalue weighted by Crippen LogP contribution is -2.20. The zero-order valence-electron chi connectivity index (χ0n) is 11.5. The highest BCUT2D eigenvalue weighted by Gasteiger charge is 2.23. The van der Waals surface area contributed by atoms with Gasteiger partial charge in [-0.15, -0.1) is 0 Å². The molecule has 0 heterocycles. The standard InChI is InChI=1S/C18H21/c1-15(16-10-6-4-7-11-16)14-18(2,3)17-12-8-5-9-13-17/h4-13H,14H2,1-3H3. The molecule has 0 spiro atoms. The number of hydrogen-bond acceptors (Lipinski definition) is 0. The molecule has 0 atom stereocenters. The molecule has 18 heavy (non-hydrogen) atoms. The maximum Gasteiger partial charge on any atom is 0.00274 e. The molecule has 0 aliphatic carbocycles. The maximum absolute atomic E-state index is 2.31. The third kappa shape index (κ3) is 3.01. The van der Waals surface area contributed by atoms with Crippen LogP contribution < -0.4 is 0 Å². The molecule has 0 amide bonds. The van der Waals surface area contributed by atoms with Crippen molar-refractivity contribution in [3.8, 4) is 0 Å². The second-order valence-electron chi connectivity index (χ2n) is 5.57. The summed E-state index contributed by atoms with van der Waals surface area (Å²) in [6.07, 6.45) is 1.08. The van der Waals surface area contributed by atoms with E-state index in [2.05, 4.69) is 81.4 Å². The van der Waals surface area contributed by atoms with Crippen LogP contribution in [-0.2, 0) is 5.41 Å². The van der Waals surface area contributed by atoms with Gasteiger partial charge >= 0.3 is 0 Å². The van der Waals surface area contributed by atoms with Crippen LogP contribution in [0.15, 0.2) is 60.7 Å². The van der Waals surface area contributed by atoms with Crippen LogP contribution in [0.2, 0.25) is 0 Å². The van der Waals surface area contributed by atoms with Gasteiger partial charge in [0.2, 0.25) is 0 Å². The van der Waals surface area contributed by atoms with Gasteiger partial charge in [-0.05, 0) is 23.0 Å². The lowest BCUT2D eigenvalue weighted by Gasteiger charge is -2.28. The van der Waals surface area contributed by atoms with E-state index in [1.165, 1.54) is 17.0 Å². The molecule has 2 rings (SSSR count). The fourth-order valence-corrected chi connectivity index (χ4v) is 2.48. The number of benzene rings is 2. The van der Waals surface area contributed by atoms with Crippen molar-refractivity contribution in [2.45, 2.75) is 32.6 Å². The molecule has 0 unspecified atom stereocenters. The largest absolute Gasteiger partial charge is 0.0622 e. The quantitative estimate of drug-likeness (QED) is 0.702. The molecule has 0 aliphatic rings. The average molecular weight is 237 g/mol. The van der Waals surface area contributed by atoms with Gasteiger partial charge in [-0.2, -0.15) is 0 Å². The molecule has 1 radical (unpaired) electrons. The van der Waals surface area contributed by atoms with E-state index in [1.807, 2.05) is 0 Å². The van der Waals surface area contributed by atoms with Crippen LogP contribution in [0.5, 0.6) is 0 Å². The summed E-state index contributed by atoms with van der Waals surface area (Å²) in [6, 6.07) is 21.4. The first-order valence-corrected chi connectivity index (χ1v) is 6.53. The van der Waals surface area contributed by atoms with Gasteiger partial charge in [0.15, 0.2) is 0 Å². The van der Waals surface area contributed by atoms with Gasteiger partial charge in [0, 0.05) is 5.92 Å². The van der Waals surface area contributed by atoms with Crippen LogP contribution in [0.25, 0.3) is 0 Å². The Bertz CT molecular complexity index is 468. The Balaban J connectivity index is 2.14. The molecule has 0 N–H and O–H groups in total. The molecule has 0 fully saturated rings. The lowest BCUT2D eigenvalue weighted by atomic mass is 9.76. The van der Waals surface area contributed by atoms with Gasteiger partial charge in [-0.1, -0.05) is 81.4 Å². The van der Waals surface area contributed by atoms with E-state index in [4.69, 9.17) is 0 Å². The monoisotopic (exact) mass is 237 g/mol. The van der Waals surface area contributed by atoms with E-state index in [-0.39, 0.29) is 5.41 Å². The highest BCUT2D eigenvalue weighted by Crippen LogP contribution is 2.33. The Morgan fingerprint density at radius 3 is 1.89 bits per heavy atom. The first-order valence-electron chi connectivity index (χ1n) is 6.53. The van der Waals surface area contributed by atoms with E-state index in [1.54, 1.807) is 0 Å². The van der Waals surface area contributed by atoms with E-state index in [0.717, 1.165) is 6.42 Å². The van der Waals surface area contributed by atoms with Crippen molar-refractivity contribution >= 4 is 0 Å². The van der Waals surface area contributed by atoms with Gasteiger partial charge in [0.1, 0.15) is 0 Å². The molecule has 0 bridgehead atoms. The van der Waals surface area contributed by atoms with Gasteiger partial charge < -0.3 is 0 Å². The van der Waals surface area contributed by atoms with Crippen LogP contribution in [0.3, 0.4) is 0 Å². The van der Waals surface area contributed by atoms with Gasteiger partial charge in [0.05, 0.1) is 0 Å². The van der Waals surface area contributed by atoms with Crippen molar-refractivity contribution in [3.63, 3.8) is 0 Å². The fourth-order valence-electron chi connectivity index (χ4n) is 2.48. The van der Waals surface area contributed by atoms with Crippen LogP contribution in [-0.4, -0.2) is 0 Å². The number of hydrogen-bond donors (Lipinski definition) is 0. The van der Waals surface area contributed by atoms with Crippen LogP contribution in [0.1, 0.15) is 38.3 Å². The minimum Gasteiger partial charge on any atom is -0.0622 e. The summed E-state index contributed by atoms with van der Waals surface area (Å²) < 4.78 is 0. The fraction of sp³-hybridized carbons (Fsp3) is 0.278. The molecule has 0 aromatic heterocycles. The Morgan fingerprint density at radius 1 is 0.833 bits per heavy atom. The Hall–Kier alpha value is -1.56. The Kier molecular flexibility index (Phi) is 3.86. The summed E-state index contributed by atoms with van der Waals surface area (Å²) in [7, 11) is 0. The van der Waals surface area contributed by atoms with Crippen molar-refractivity contribution in [1.82, 2.24) is 0 Å². The molecule has 0 heteroatoms. The van der Waals surface area contributed by atoms with Gasteiger partial charge in [0.25, 0.3) is 0 Å². The van der Waals surface area contributed by atoms with E-state index in [0.29, 0.717) is 0 Å². The minimum absolute atomic E-state index is 0.182. The molecule has 2 aromatic rings. The lowest BCUT2D eigenvalue weighted by molar-refractivity contribution is 0.498. The van der Waals surface area contributed by atoms with Crippen molar-refractivity contribution in [2.75, 3.05) is 0 Å². The van der Waals surface area contributed by atoms with Gasteiger partial charge in [-0.3, -0.25) is 0 Å². The normalized spacial score (nSPS) is 11.8. The summed E-state index contributed by atoms with van der Waals surface area (Å²) in [6.45, 7) is 6.86. The molecule has 0 nitrogen and oxygen atoms in total. The summed E-state index contributed by atoms with van der Waals surface area (Å²) in [5.41, 5.74) is 2.93. The minimum atomic E-state index is 0.182. The molecule has 0 aliphatic heterocycles. The van der Waals surface area contributed by atoms with Crippen LogP contribution >= 0.6 is 0 Å². The van der Waals surface area contributed by atoms with Gasteiger partial charge in [-0.25, -0.2) is 0 Å². The molecule has 0 saturated carbocycles. The number of rotatable bonds is 4. The Labute approximate surface area is 111 Å². The van der Waals surface area contributed by atoms with Crippen molar-refractivity contribution < 1.29 is 0 Å². The first-order chi connectivity index (χ1) is 8.59. The summed E-state index contributed by atoms with van der Waals surface area (Å²) in [4.78, 5) is 0. The second kappa shape index (κ2) is 5.39. The molecular formula is C18H21. The SMILES string of the molecule is C[C](CC(C)(C)c1ccccc1)c1ccccc1. The van der Waals surface area contributed by atoms with Crippen molar-refractivity contribution in [3.05, 3.63) is 77.7 Å². The highest BCUT2D eigenvalue weighted by atomic mass is 14.3. The predicted molar refractivity (Wildman–Crippen MR) is 78.5 cm³/mol. The van der Waals surface area contributed by atoms with Crippen LogP contribution in [0, 0.1) is 5.92 Å².